The van der Waals surface area contributed by atoms with Crippen molar-refractivity contribution in [3.8, 4) is 5.75 Å². The molecule has 0 spiro atoms. The molecule has 7 nitrogen and oxygen atoms in total. The number of carbonyl (C=O) groups excluding carboxylic acids is 2. The molecule has 1 aromatic heterocycles. The normalized spacial score (nSPS) is 10.7. The Morgan fingerprint density at radius 3 is 2.59 bits per heavy atom. The second-order valence-electron chi connectivity index (χ2n) is 6.45. The first-order valence-electron chi connectivity index (χ1n) is 9.57. The van der Waals surface area contributed by atoms with Gasteiger partial charge in [-0.3, -0.25) is 0 Å². The summed E-state index contributed by atoms with van der Waals surface area (Å²) in [5, 5.41) is 12.9. The summed E-state index contributed by atoms with van der Waals surface area (Å²) in [6, 6.07) is 12.0. The Morgan fingerprint density at radius 1 is 1.07 bits per heavy atom. The van der Waals surface area contributed by atoms with Crippen molar-refractivity contribution in [2.75, 3.05) is 25.1 Å². The molecular weight excluding hydrogens is 372 g/mol. The van der Waals surface area contributed by atoms with Gasteiger partial charge < -0.3 is 24.9 Å². The van der Waals surface area contributed by atoms with Crippen LogP contribution in [0.3, 0.4) is 0 Å². The number of aromatic nitrogens is 1. The number of rotatable bonds is 9. The standard InChI is InChI=1S/C22H24N2O5/c1-2-28-21(26)15-5-8-17(9-6-15)29-22(27)19-14-24-20-10-7-16(13-18(19)20)23-11-3-4-12-25/h5-10,13-14,23-25H,2-4,11-12H2,1H3. The number of ether oxygens (including phenoxy) is 2. The van der Waals surface area contributed by atoms with Crippen LogP contribution in [0.25, 0.3) is 10.9 Å². The van der Waals surface area contributed by atoms with Gasteiger partial charge >= 0.3 is 11.9 Å². The van der Waals surface area contributed by atoms with E-state index >= 15 is 0 Å². The van der Waals surface area contributed by atoms with E-state index in [1.165, 1.54) is 0 Å². The average Bonchev–Trinajstić information content (AvgIpc) is 3.15. The summed E-state index contributed by atoms with van der Waals surface area (Å²) < 4.78 is 10.4. The van der Waals surface area contributed by atoms with E-state index in [2.05, 4.69) is 10.3 Å². The molecule has 1 heterocycles. The molecular formula is C22H24N2O5. The molecule has 0 saturated heterocycles. The molecule has 0 bridgehead atoms. The zero-order chi connectivity index (χ0) is 20.6. The minimum atomic E-state index is -0.488. The summed E-state index contributed by atoms with van der Waals surface area (Å²) in [5.41, 5.74) is 2.54. The van der Waals surface area contributed by atoms with Crippen LogP contribution < -0.4 is 10.1 Å². The highest BCUT2D eigenvalue weighted by Crippen LogP contribution is 2.24. The summed E-state index contributed by atoms with van der Waals surface area (Å²) in [6.45, 7) is 2.96. The first-order valence-corrected chi connectivity index (χ1v) is 9.57. The topological polar surface area (TPSA) is 101 Å². The molecule has 0 fully saturated rings. The molecule has 3 N–H and O–H groups in total. The number of anilines is 1. The SMILES string of the molecule is CCOC(=O)c1ccc(OC(=O)c2c[nH]c3ccc(NCCCCO)cc23)cc1. The Kier molecular flexibility index (Phi) is 6.86. The number of nitrogens with one attached hydrogen (secondary N) is 2. The fraction of sp³-hybridized carbons (Fsp3) is 0.273. The molecule has 7 heteroatoms. The van der Waals surface area contributed by atoms with Crippen LogP contribution in [0.1, 0.15) is 40.5 Å². The molecule has 2 aromatic carbocycles. The van der Waals surface area contributed by atoms with Crippen LogP contribution in [-0.4, -0.2) is 41.8 Å². The largest absolute Gasteiger partial charge is 0.462 e. The number of unbranched alkanes of at least 4 members (excludes halogenated alkanes) is 1. The van der Waals surface area contributed by atoms with Crippen LogP contribution in [0.2, 0.25) is 0 Å². The third kappa shape index (κ3) is 5.14. The van der Waals surface area contributed by atoms with Gasteiger partial charge in [-0.15, -0.1) is 0 Å². The van der Waals surface area contributed by atoms with E-state index in [-0.39, 0.29) is 6.61 Å². The fourth-order valence-corrected chi connectivity index (χ4v) is 2.90. The van der Waals surface area contributed by atoms with Crippen LogP contribution >= 0.6 is 0 Å². The third-order valence-electron chi connectivity index (χ3n) is 4.39. The van der Waals surface area contributed by atoms with Gasteiger partial charge in [0, 0.05) is 35.9 Å². The lowest BCUT2D eigenvalue weighted by atomic mass is 10.1. The van der Waals surface area contributed by atoms with Crippen LogP contribution in [-0.2, 0) is 4.74 Å². The van der Waals surface area contributed by atoms with E-state index in [1.807, 2.05) is 18.2 Å². The number of hydrogen-bond donors (Lipinski definition) is 3. The molecule has 0 aliphatic carbocycles. The van der Waals surface area contributed by atoms with Gasteiger partial charge in [0.05, 0.1) is 17.7 Å². The highest BCUT2D eigenvalue weighted by Gasteiger charge is 2.15. The number of aliphatic hydroxyl groups excluding tert-OH is 1. The summed E-state index contributed by atoms with van der Waals surface area (Å²) in [5.74, 6) is -0.561. The number of esters is 2. The van der Waals surface area contributed by atoms with Crippen molar-refractivity contribution < 1.29 is 24.2 Å². The van der Waals surface area contributed by atoms with E-state index < -0.39 is 11.9 Å². The molecule has 152 valence electrons. The highest BCUT2D eigenvalue weighted by atomic mass is 16.5. The van der Waals surface area contributed by atoms with Gasteiger partial charge in [-0.2, -0.15) is 0 Å². The van der Waals surface area contributed by atoms with Gasteiger partial charge in [0.15, 0.2) is 0 Å². The van der Waals surface area contributed by atoms with E-state index in [0.29, 0.717) is 23.5 Å². The van der Waals surface area contributed by atoms with Crippen LogP contribution in [0.15, 0.2) is 48.7 Å². The molecule has 0 unspecified atom stereocenters. The van der Waals surface area contributed by atoms with E-state index in [4.69, 9.17) is 14.6 Å². The van der Waals surface area contributed by atoms with E-state index in [9.17, 15) is 9.59 Å². The lowest BCUT2D eigenvalue weighted by Gasteiger charge is -2.07. The van der Waals surface area contributed by atoms with Crippen molar-refractivity contribution in [1.29, 1.82) is 0 Å². The van der Waals surface area contributed by atoms with Crippen molar-refractivity contribution in [2.24, 2.45) is 0 Å². The summed E-state index contributed by atoms with van der Waals surface area (Å²) in [7, 11) is 0. The number of H-pyrrole nitrogens is 1. The molecule has 3 rings (SSSR count). The Labute approximate surface area is 168 Å². The van der Waals surface area contributed by atoms with Crippen LogP contribution in [0, 0.1) is 0 Å². The number of aromatic amines is 1. The van der Waals surface area contributed by atoms with Crippen molar-refractivity contribution in [1.82, 2.24) is 4.98 Å². The van der Waals surface area contributed by atoms with Gasteiger partial charge in [-0.05, 0) is 62.2 Å². The zero-order valence-corrected chi connectivity index (χ0v) is 16.2. The van der Waals surface area contributed by atoms with Gasteiger partial charge in [0.1, 0.15) is 5.75 Å². The van der Waals surface area contributed by atoms with Crippen molar-refractivity contribution in [2.45, 2.75) is 19.8 Å². The first kappa shape index (κ1) is 20.4. The number of hydrogen-bond acceptors (Lipinski definition) is 6. The van der Waals surface area contributed by atoms with Crippen LogP contribution in [0.5, 0.6) is 5.75 Å². The average molecular weight is 396 g/mol. The third-order valence-corrected chi connectivity index (χ3v) is 4.39. The lowest BCUT2D eigenvalue weighted by molar-refractivity contribution is 0.0526. The maximum atomic E-state index is 12.6. The van der Waals surface area contributed by atoms with E-state index in [1.54, 1.807) is 37.4 Å². The van der Waals surface area contributed by atoms with Crippen LogP contribution in [0.4, 0.5) is 5.69 Å². The predicted octanol–water partition coefficient (Wildman–Crippen LogP) is 3.75. The predicted molar refractivity (Wildman–Crippen MR) is 110 cm³/mol. The lowest BCUT2D eigenvalue weighted by Crippen LogP contribution is -2.09. The summed E-state index contributed by atoms with van der Waals surface area (Å²) in [4.78, 5) is 27.4. The van der Waals surface area contributed by atoms with E-state index in [0.717, 1.165) is 36.0 Å². The molecule has 3 aromatic rings. The molecule has 0 amide bonds. The number of benzene rings is 2. The Bertz CT molecular complexity index is 979. The van der Waals surface area contributed by atoms with Gasteiger partial charge in [-0.1, -0.05) is 0 Å². The molecule has 0 aliphatic rings. The summed E-state index contributed by atoms with van der Waals surface area (Å²) >= 11 is 0. The summed E-state index contributed by atoms with van der Waals surface area (Å²) in [6.07, 6.45) is 3.22. The number of carbonyl (C=O) groups is 2. The van der Waals surface area contributed by atoms with Gasteiger partial charge in [0.25, 0.3) is 0 Å². The molecule has 0 aliphatic heterocycles. The maximum Gasteiger partial charge on any atom is 0.345 e. The Morgan fingerprint density at radius 2 is 1.86 bits per heavy atom. The maximum absolute atomic E-state index is 12.6. The van der Waals surface area contributed by atoms with Crippen molar-refractivity contribution >= 4 is 28.5 Å². The monoisotopic (exact) mass is 396 g/mol. The number of aliphatic hydroxyl groups is 1. The molecule has 0 saturated carbocycles. The van der Waals surface area contributed by atoms with Crippen molar-refractivity contribution in [3.05, 3.63) is 59.8 Å². The zero-order valence-electron chi connectivity index (χ0n) is 16.2. The quantitative estimate of drug-likeness (QED) is 0.289. The smallest absolute Gasteiger partial charge is 0.345 e. The number of fused-ring (bicyclic) bond motifs is 1. The minimum absolute atomic E-state index is 0.176. The minimum Gasteiger partial charge on any atom is -0.462 e. The Balaban J connectivity index is 1.70. The molecule has 29 heavy (non-hydrogen) atoms. The second kappa shape index (κ2) is 9.75. The van der Waals surface area contributed by atoms with Gasteiger partial charge in [-0.25, -0.2) is 9.59 Å². The second-order valence-corrected chi connectivity index (χ2v) is 6.45. The van der Waals surface area contributed by atoms with Crippen molar-refractivity contribution in [3.63, 3.8) is 0 Å². The molecule has 0 radical (unpaired) electrons. The Hall–Kier alpha value is -3.32. The fourth-order valence-electron chi connectivity index (χ4n) is 2.90. The highest BCUT2D eigenvalue weighted by molar-refractivity contribution is 6.05. The first-order chi connectivity index (χ1) is 14.1. The molecule has 0 atom stereocenters. The van der Waals surface area contributed by atoms with Gasteiger partial charge in [0.2, 0.25) is 0 Å².